The van der Waals surface area contributed by atoms with Gasteiger partial charge in [-0.3, -0.25) is 0 Å². The van der Waals surface area contributed by atoms with E-state index in [2.05, 4.69) is 13.5 Å². The number of ether oxygens (including phenoxy) is 4. The Morgan fingerprint density at radius 2 is 2.00 bits per heavy atom. The van der Waals surface area contributed by atoms with Gasteiger partial charge in [0.1, 0.15) is 17.5 Å². The van der Waals surface area contributed by atoms with Crippen molar-refractivity contribution < 1.29 is 29.2 Å². The van der Waals surface area contributed by atoms with Crippen molar-refractivity contribution in [3.63, 3.8) is 0 Å². The fraction of sp³-hybridized carbons (Fsp3) is 0.524. The van der Waals surface area contributed by atoms with E-state index < -0.39 is 23.2 Å². The summed E-state index contributed by atoms with van der Waals surface area (Å²) in [4.78, 5) is 0. The lowest BCUT2D eigenvalue weighted by atomic mass is 9.69. The van der Waals surface area contributed by atoms with Crippen molar-refractivity contribution in [2.45, 2.75) is 37.1 Å². The number of fused-ring (bicyclic) bond motifs is 3. The highest BCUT2D eigenvalue weighted by Gasteiger charge is 2.71. The van der Waals surface area contributed by atoms with Crippen molar-refractivity contribution in [2.24, 2.45) is 11.3 Å². The number of aliphatic hydroxyl groups is 2. The van der Waals surface area contributed by atoms with E-state index in [1.807, 2.05) is 24.3 Å². The largest absolute Gasteiger partial charge is 0.499 e. The smallest absolute Gasteiger partial charge is 0.231 e. The van der Waals surface area contributed by atoms with E-state index in [4.69, 9.17) is 18.9 Å². The van der Waals surface area contributed by atoms with Crippen LogP contribution in [0.15, 0.2) is 42.7 Å². The number of benzene rings is 1. The highest BCUT2D eigenvalue weighted by molar-refractivity contribution is 5.49. The molecule has 2 bridgehead atoms. The number of hydrogen-bond donors (Lipinski definition) is 2. The van der Waals surface area contributed by atoms with Crippen LogP contribution in [0, 0.1) is 11.3 Å². The van der Waals surface area contributed by atoms with Crippen molar-refractivity contribution in [3.8, 4) is 11.5 Å². The van der Waals surface area contributed by atoms with Gasteiger partial charge >= 0.3 is 0 Å². The zero-order valence-corrected chi connectivity index (χ0v) is 15.8. The molecule has 0 spiro atoms. The van der Waals surface area contributed by atoms with Gasteiger partial charge in [0, 0.05) is 18.4 Å². The molecule has 1 saturated carbocycles. The Morgan fingerprint density at radius 3 is 2.67 bits per heavy atom. The van der Waals surface area contributed by atoms with E-state index in [1.54, 1.807) is 6.08 Å². The average Bonchev–Trinajstić information content (AvgIpc) is 3.18. The third-order valence-electron chi connectivity index (χ3n) is 6.72. The summed E-state index contributed by atoms with van der Waals surface area (Å²) in [5.41, 5.74) is -0.969. The van der Waals surface area contributed by atoms with E-state index in [0.29, 0.717) is 23.7 Å². The van der Waals surface area contributed by atoms with Crippen LogP contribution in [-0.4, -0.2) is 49.0 Å². The molecule has 1 aromatic rings. The van der Waals surface area contributed by atoms with Gasteiger partial charge in [-0.15, -0.1) is 6.58 Å². The molecule has 6 heteroatoms. The molecule has 3 aliphatic rings. The maximum atomic E-state index is 11.4. The minimum Gasteiger partial charge on any atom is -0.499 e. The second kappa shape index (κ2) is 6.26. The first-order valence-electron chi connectivity index (χ1n) is 9.14. The van der Waals surface area contributed by atoms with E-state index in [1.165, 1.54) is 14.2 Å². The van der Waals surface area contributed by atoms with E-state index >= 15 is 0 Å². The highest BCUT2D eigenvalue weighted by Crippen LogP contribution is 2.65. The number of methoxy groups -OCH3 is 2. The van der Waals surface area contributed by atoms with Gasteiger partial charge in [0.15, 0.2) is 11.5 Å². The van der Waals surface area contributed by atoms with Crippen LogP contribution in [0.5, 0.6) is 11.5 Å². The van der Waals surface area contributed by atoms with Gasteiger partial charge in [-0.2, -0.15) is 0 Å². The molecule has 0 amide bonds. The lowest BCUT2D eigenvalue weighted by Gasteiger charge is -2.46. The average molecular weight is 374 g/mol. The van der Waals surface area contributed by atoms with Crippen LogP contribution < -0.4 is 9.47 Å². The maximum Gasteiger partial charge on any atom is 0.231 e. The van der Waals surface area contributed by atoms with Gasteiger partial charge in [0.05, 0.1) is 13.2 Å². The van der Waals surface area contributed by atoms with Gasteiger partial charge in [-0.05, 0) is 36.1 Å². The Kier molecular flexibility index (Phi) is 4.25. The fourth-order valence-electron chi connectivity index (χ4n) is 5.42. The first-order chi connectivity index (χ1) is 13.0. The normalized spacial score (nSPS) is 39.2. The number of hydrogen-bond acceptors (Lipinski definition) is 6. The molecule has 4 rings (SSSR count). The molecule has 0 radical (unpaired) electrons. The Balaban J connectivity index is 1.91. The summed E-state index contributed by atoms with van der Waals surface area (Å²) in [6.45, 7) is 6.14. The van der Waals surface area contributed by atoms with Crippen molar-refractivity contribution in [1.82, 2.24) is 0 Å². The molecule has 146 valence electrons. The molecule has 2 aliphatic carbocycles. The third kappa shape index (κ3) is 2.18. The molecule has 2 N–H and O–H groups in total. The quantitative estimate of drug-likeness (QED) is 0.771. The minimum absolute atomic E-state index is 0.0480. The summed E-state index contributed by atoms with van der Waals surface area (Å²) in [5.74, 6) is 1.43. The van der Waals surface area contributed by atoms with Crippen LogP contribution in [0.3, 0.4) is 0 Å². The van der Waals surface area contributed by atoms with E-state index in [9.17, 15) is 10.2 Å². The molecule has 6 atom stereocenters. The second-order valence-corrected chi connectivity index (χ2v) is 7.60. The van der Waals surface area contributed by atoms with Crippen LogP contribution in [0.4, 0.5) is 0 Å². The number of allylic oxidation sites excluding steroid dienone is 1. The number of aliphatic hydroxyl groups excluding tert-OH is 2. The standard InChI is InChI=1S/C21H26O6/c1-5-8-20-10-16(24-3)18(22)21(25-4,19(20)23)17(12(20)2)13-6-7-14-15(9-13)27-11-26-14/h5-7,9-10,12,17-19,22-23H,1,8,11H2,2-4H3/t12-,17+,18+,19-,20-,21+/m1/s1. The van der Waals surface area contributed by atoms with Crippen LogP contribution in [-0.2, 0) is 9.47 Å². The molecular formula is C21H26O6. The lowest BCUT2D eigenvalue weighted by Crippen LogP contribution is -2.59. The van der Waals surface area contributed by atoms with Gasteiger partial charge in [-0.25, -0.2) is 0 Å². The summed E-state index contributed by atoms with van der Waals surface area (Å²) >= 11 is 0. The Morgan fingerprint density at radius 1 is 1.26 bits per heavy atom. The topological polar surface area (TPSA) is 77.4 Å². The third-order valence-corrected chi connectivity index (χ3v) is 6.72. The van der Waals surface area contributed by atoms with Crippen molar-refractivity contribution in [3.05, 3.63) is 48.3 Å². The summed E-state index contributed by atoms with van der Waals surface area (Å²) in [6.07, 6.45) is 2.18. The first-order valence-corrected chi connectivity index (χ1v) is 9.14. The molecule has 0 saturated heterocycles. The summed E-state index contributed by atoms with van der Waals surface area (Å²) in [5, 5.41) is 22.6. The highest BCUT2D eigenvalue weighted by atomic mass is 16.7. The van der Waals surface area contributed by atoms with Gasteiger partial charge < -0.3 is 29.2 Å². The first kappa shape index (κ1) is 18.3. The molecule has 0 unspecified atom stereocenters. The van der Waals surface area contributed by atoms with Crippen LogP contribution in [0.25, 0.3) is 0 Å². The van der Waals surface area contributed by atoms with Crippen molar-refractivity contribution in [1.29, 1.82) is 0 Å². The lowest BCUT2D eigenvalue weighted by molar-refractivity contribution is -0.179. The summed E-state index contributed by atoms with van der Waals surface area (Å²) in [7, 11) is 3.05. The molecular weight excluding hydrogens is 348 g/mol. The van der Waals surface area contributed by atoms with Crippen LogP contribution >= 0.6 is 0 Å². The molecule has 1 heterocycles. The zero-order chi connectivity index (χ0) is 19.4. The van der Waals surface area contributed by atoms with Gasteiger partial charge in [-0.1, -0.05) is 19.1 Å². The molecule has 6 nitrogen and oxygen atoms in total. The Labute approximate surface area is 159 Å². The van der Waals surface area contributed by atoms with Crippen molar-refractivity contribution >= 4 is 0 Å². The second-order valence-electron chi connectivity index (χ2n) is 7.60. The molecule has 1 fully saturated rings. The Hall–Kier alpha value is -2.02. The van der Waals surface area contributed by atoms with Gasteiger partial charge in [0.25, 0.3) is 0 Å². The monoisotopic (exact) mass is 374 g/mol. The number of rotatable bonds is 5. The van der Waals surface area contributed by atoms with Crippen LogP contribution in [0.2, 0.25) is 0 Å². The van der Waals surface area contributed by atoms with Crippen LogP contribution in [0.1, 0.15) is 24.8 Å². The predicted molar refractivity (Wildman–Crippen MR) is 98.6 cm³/mol. The van der Waals surface area contributed by atoms with Gasteiger partial charge in [0.2, 0.25) is 6.79 Å². The van der Waals surface area contributed by atoms with Crippen molar-refractivity contribution in [2.75, 3.05) is 21.0 Å². The fourth-order valence-corrected chi connectivity index (χ4v) is 5.42. The molecule has 27 heavy (non-hydrogen) atoms. The minimum atomic E-state index is -1.24. The molecule has 1 aliphatic heterocycles. The zero-order valence-electron chi connectivity index (χ0n) is 15.8. The Bertz CT molecular complexity index is 789. The summed E-state index contributed by atoms with van der Waals surface area (Å²) < 4.78 is 22.4. The van der Waals surface area contributed by atoms with E-state index in [0.717, 1.165) is 5.56 Å². The molecule has 1 aromatic carbocycles. The molecule has 0 aromatic heterocycles. The van der Waals surface area contributed by atoms with E-state index in [-0.39, 0.29) is 18.6 Å². The predicted octanol–water partition coefficient (Wildman–Crippen LogP) is 2.36. The maximum absolute atomic E-state index is 11.4. The SMILES string of the molecule is C=CC[C@@]12C=C(OC)[C@H](O)[C@@](OC)([C@H](c3ccc4c(c3)OCO4)[C@H]1C)[C@@H]2O. The summed E-state index contributed by atoms with van der Waals surface area (Å²) in [6, 6.07) is 5.72.